The maximum atomic E-state index is 10.3. The van der Waals surface area contributed by atoms with E-state index in [1.807, 2.05) is 0 Å². The zero-order valence-electron chi connectivity index (χ0n) is 10.1. The maximum absolute atomic E-state index is 10.3. The third-order valence-corrected chi connectivity index (χ3v) is 2.98. The minimum Gasteiger partial charge on any atom is -0.481 e. The molecule has 2 atom stereocenters. The van der Waals surface area contributed by atoms with E-state index >= 15 is 0 Å². The molecule has 1 saturated heterocycles. The van der Waals surface area contributed by atoms with Gasteiger partial charge in [0, 0.05) is 19.1 Å². The van der Waals surface area contributed by atoms with E-state index in [-0.39, 0.29) is 6.42 Å². The summed E-state index contributed by atoms with van der Waals surface area (Å²) in [5.74, 6) is -0.711. The van der Waals surface area contributed by atoms with Crippen molar-refractivity contribution in [3.8, 4) is 0 Å². The fourth-order valence-electron chi connectivity index (χ4n) is 2.13. The van der Waals surface area contributed by atoms with Gasteiger partial charge in [-0.2, -0.15) is 0 Å². The van der Waals surface area contributed by atoms with E-state index in [0.29, 0.717) is 18.6 Å². The number of carbonyl (C=O) groups is 1. The highest BCUT2D eigenvalue weighted by Crippen LogP contribution is 2.17. The molecule has 1 rings (SSSR count). The Morgan fingerprint density at radius 3 is 3.06 bits per heavy atom. The first-order valence-corrected chi connectivity index (χ1v) is 6.29. The highest BCUT2D eigenvalue weighted by molar-refractivity contribution is 5.66. The van der Waals surface area contributed by atoms with Gasteiger partial charge in [-0.1, -0.05) is 13.3 Å². The van der Waals surface area contributed by atoms with E-state index in [4.69, 9.17) is 9.84 Å². The predicted octanol–water partition coefficient (Wildman–Crippen LogP) is 1.79. The summed E-state index contributed by atoms with van der Waals surface area (Å²) in [4.78, 5) is 10.3. The average molecular weight is 229 g/mol. The molecule has 0 aromatic rings. The van der Waals surface area contributed by atoms with Crippen LogP contribution < -0.4 is 5.32 Å². The molecule has 1 aliphatic heterocycles. The van der Waals surface area contributed by atoms with Crippen LogP contribution in [0.15, 0.2) is 0 Å². The van der Waals surface area contributed by atoms with E-state index in [2.05, 4.69) is 12.2 Å². The van der Waals surface area contributed by atoms with E-state index < -0.39 is 5.97 Å². The van der Waals surface area contributed by atoms with Gasteiger partial charge in [0.05, 0.1) is 6.10 Å². The lowest BCUT2D eigenvalue weighted by atomic mass is 10.00. The molecule has 1 aliphatic rings. The van der Waals surface area contributed by atoms with Crippen LogP contribution in [0.4, 0.5) is 0 Å². The standard InChI is InChI=1S/C12H23NO3/c1-2-4-11-9-10(6-8-16-11)13-7-3-5-12(14)15/h10-11,13H,2-9H2,1H3,(H,14,15). The summed E-state index contributed by atoms with van der Waals surface area (Å²) < 4.78 is 5.66. The van der Waals surface area contributed by atoms with E-state index in [1.165, 1.54) is 0 Å². The van der Waals surface area contributed by atoms with Crippen molar-refractivity contribution in [1.29, 1.82) is 0 Å². The monoisotopic (exact) mass is 229 g/mol. The van der Waals surface area contributed by atoms with Crippen molar-refractivity contribution < 1.29 is 14.6 Å². The Kier molecular flexibility index (Phi) is 6.42. The Hall–Kier alpha value is -0.610. The molecule has 1 heterocycles. The number of ether oxygens (including phenoxy) is 1. The van der Waals surface area contributed by atoms with Gasteiger partial charge in [0.1, 0.15) is 0 Å². The van der Waals surface area contributed by atoms with Crippen molar-refractivity contribution >= 4 is 5.97 Å². The topological polar surface area (TPSA) is 58.6 Å². The lowest BCUT2D eigenvalue weighted by molar-refractivity contribution is -0.137. The minimum absolute atomic E-state index is 0.259. The Balaban J connectivity index is 2.09. The Morgan fingerprint density at radius 2 is 2.38 bits per heavy atom. The molecule has 0 saturated carbocycles. The smallest absolute Gasteiger partial charge is 0.303 e. The molecule has 0 amide bonds. The molecule has 0 bridgehead atoms. The van der Waals surface area contributed by atoms with Gasteiger partial charge in [-0.25, -0.2) is 0 Å². The van der Waals surface area contributed by atoms with Crippen molar-refractivity contribution in [2.24, 2.45) is 0 Å². The van der Waals surface area contributed by atoms with Crippen LogP contribution in [0.25, 0.3) is 0 Å². The van der Waals surface area contributed by atoms with Crippen LogP contribution in [-0.2, 0) is 9.53 Å². The molecule has 2 N–H and O–H groups in total. The third kappa shape index (κ3) is 5.47. The third-order valence-electron chi connectivity index (χ3n) is 2.98. The van der Waals surface area contributed by atoms with Crippen LogP contribution in [0.5, 0.6) is 0 Å². The number of carboxylic acids is 1. The average Bonchev–Trinajstić information content (AvgIpc) is 2.25. The lowest BCUT2D eigenvalue weighted by Crippen LogP contribution is -2.39. The molecule has 0 spiro atoms. The predicted molar refractivity (Wildman–Crippen MR) is 62.5 cm³/mol. The molecule has 16 heavy (non-hydrogen) atoms. The molecule has 4 heteroatoms. The number of aliphatic carboxylic acids is 1. The molecule has 0 aromatic carbocycles. The molecule has 0 aliphatic carbocycles. The van der Waals surface area contributed by atoms with Crippen LogP contribution in [0.2, 0.25) is 0 Å². The largest absolute Gasteiger partial charge is 0.481 e. The number of rotatable bonds is 7. The molecule has 0 radical (unpaired) electrons. The molecular weight excluding hydrogens is 206 g/mol. The Bertz CT molecular complexity index is 206. The van der Waals surface area contributed by atoms with Crippen molar-refractivity contribution in [2.45, 2.75) is 57.6 Å². The van der Waals surface area contributed by atoms with Gasteiger partial charge in [0.2, 0.25) is 0 Å². The zero-order chi connectivity index (χ0) is 11.8. The first-order valence-electron chi connectivity index (χ1n) is 6.29. The second-order valence-corrected chi connectivity index (χ2v) is 4.45. The van der Waals surface area contributed by atoms with Gasteiger partial charge in [0.25, 0.3) is 0 Å². The van der Waals surface area contributed by atoms with Crippen LogP contribution in [-0.4, -0.2) is 36.4 Å². The number of hydrogen-bond acceptors (Lipinski definition) is 3. The molecule has 0 aromatic heterocycles. The zero-order valence-corrected chi connectivity index (χ0v) is 10.1. The summed E-state index contributed by atoms with van der Waals surface area (Å²) in [6.07, 6.45) is 5.79. The quantitative estimate of drug-likeness (QED) is 0.653. The van der Waals surface area contributed by atoms with Crippen LogP contribution in [0, 0.1) is 0 Å². The van der Waals surface area contributed by atoms with Crippen LogP contribution in [0.1, 0.15) is 45.4 Å². The summed E-state index contributed by atoms with van der Waals surface area (Å²) in [5.41, 5.74) is 0. The van der Waals surface area contributed by atoms with Gasteiger partial charge >= 0.3 is 5.97 Å². The number of carboxylic acid groups (broad SMARTS) is 1. The second-order valence-electron chi connectivity index (χ2n) is 4.45. The summed E-state index contributed by atoms with van der Waals surface area (Å²) in [6, 6.07) is 0.513. The minimum atomic E-state index is -0.711. The fourth-order valence-corrected chi connectivity index (χ4v) is 2.13. The normalized spacial score (nSPS) is 25.6. The Morgan fingerprint density at radius 1 is 1.56 bits per heavy atom. The second kappa shape index (κ2) is 7.63. The van der Waals surface area contributed by atoms with Gasteiger partial charge in [-0.15, -0.1) is 0 Å². The van der Waals surface area contributed by atoms with Crippen LogP contribution >= 0.6 is 0 Å². The van der Waals surface area contributed by atoms with E-state index in [0.717, 1.165) is 38.8 Å². The molecular formula is C12H23NO3. The highest BCUT2D eigenvalue weighted by atomic mass is 16.5. The first kappa shape index (κ1) is 13.5. The molecule has 94 valence electrons. The molecule has 4 nitrogen and oxygen atoms in total. The maximum Gasteiger partial charge on any atom is 0.303 e. The number of hydrogen-bond donors (Lipinski definition) is 2. The number of nitrogens with one attached hydrogen (secondary N) is 1. The van der Waals surface area contributed by atoms with Crippen LogP contribution in [0.3, 0.4) is 0 Å². The lowest BCUT2D eigenvalue weighted by Gasteiger charge is -2.30. The van der Waals surface area contributed by atoms with Crippen molar-refractivity contribution in [1.82, 2.24) is 5.32 Å². The van der Waals surface area contributed by atoms with Crippen molar-refractivity contribution in [2.75, 3.05) is 13.2 Å². The molecule has 1 fully saturated rings. The van der Waals surface area contributed by atoms with E-state index in [1.54, 1.807) is 0 Å². The SMILES string of the molecule is CCCC1CC(NCCCC(=O)O)CCO1. The van der Waals surface area contributed by atoms with Gasteiger partial charge in [-0.05, 0) is 32.2 Å². The molecule has 2 unspecified atom stereocenters. The van der Waals surface area contributed by atoms with E-state index in [9.17, 15) is 4.79 Å². The van der Waals surface area contributed by atoms with Gasteiger partial charge < -0.3 is 15.2 Å². The van der Waals surface area contributed by atoms with Crippen molar-refractivity contribution in [3.05, 3.63) is 0 Å². The van der Waals surface area contributed by atoms with Crippen molar-refractivity contribution in [3.63, 3.8) is 0 Å². The summed E-state index contributed by atoms with van der Waals surface area (Å²) >= 11 is 0. The highest BCUT2D eigenvalue weighted by Gasteiger charge is 2.21. The summed E-state index contributed by atoms with van der Waals surface area (Å²) in [7, 11) is 0. The first-order chi connectivity index (χ1) is 7.72. The fraction of sp³-hybridized carbons (Fsp3) is 0.917. The summed E-state index contributed by atoms with van der Waals surface area (Å²) in [6.45, 7) is 3.81. The Labute approximate surface area is 97.4 Å². The van der Waals surface area contributed by atoms with Gasteiger partial charge in [-0.3, -0.25) is 4.79 Å². The summed E-state index contributed by atoms with van der Waals surface area (Å²) in [5, 5.41) is 11.9. The van der Waals surface area contributed by atoms with Gasteiger partial charge in [0.15, 0.2) is 0 Å².